The molecule has 0 aliphatic heterocycles. The molecule has 0 aliphatic carbocycles. The van der Waals surface area contributed by atoms with Crippen molar-refractivity contribution >= 4 is 24.2 Å². The maximum atomic E-state index is 11.5. The van der Waals surface area contributed by atoms with E-state index in [1.54, 1.807) is 24.3 Å². The van der Waals surface area contributed by atoms with E-state index in [1.165, 1.54) is 0 Å². The van der Waals surface area contributed by atoms with Gasteiger partial charge in [0.15, 0.2) is 0 Å². The van der Waals surface area contributed by atoms with Crippen LogP contribution in [0.25, 0.3) is 0 Å². The van der Waals surface area contributed by atoms with Gasteiger partial charge in [0.05, 0.1) is 6.61 Å². The number of halogens is 1. The first kappa shape index (κ1) is 22.5. The molecule has 0 bridgehead atoms. The fourth-order valence-electron chi connectivity index (χ4n) is 1.79. The Kier molecular flexibility index (Phi) is 13.0. The zero-order chi connectivity index (χ0) is 16.9. The van der Waals surface area contributed by atoms with E-state index >= 15 is 0 Å². The lowest BCUT2D eigenvalue weighted by Gasteiger charge is -2.13. The molecule has 1 rings (SSSR count). The molecule has 0 saturated carbocycles. The molecule has 3 N–H and O–H groups in total. The molecule has 0 spiro atoms. The van der Waals surface area contributed by atoms with Crippen molar-refractivity contribution in [2.24, 2.45) is 0 Å². The van der Waals surface area contributed by atoms with Crippen LogP contribution in [0.2, 0.25) is 0 Å². The van der Waals surface area contributed by atoms with Gasteiger partial charge in [-0.1, -0.05) is 20.3 Å². The molecular weight excluding hydrogens is 332 g/mol. The third kappa shape index (κ3) is 10.3. The topological polar surface area (TPSA) is 79.8 Å². The minimum absolute atomic E-state index is 0. The monoisotopic (exact) mass is 360 g/mol. The Balaban J connectivity index is 0.00000529. The molecule has 0 radical (unpaired) electrons. The van der Waals surface area contributed by atoms with Crippen LogP contribution >= 0.6 is 12.4 Å². The molecule has 1 aromatic rings. The molecule has 6 nitrogen and oxygen atoms in total. The Hall–Kier alpha value is -1.50. The second-order valence-corrected chi connectivity index (χ2v) is 5.31. The van der Waals surface area contributed by atoms with Crippen molar-refractivity contribution in [2.75, 3.05) is 31.6 Å². The number of aliphatic hydroxyl groups excluding tert-OH is 1. The summed E-state index contributed by atoms with van der Waals surface area (Å²) >= 11 is 0. The van der Waals surface area contributed by atoms with E-state index in [1.807, 2.05) is 6.92 Å². The first-order chi connectivity index (χ1) is 11.2. The van der Waals surface area contributed by atoms with Gasteiger partial charge in [-0.05, 0) is 43.7 Å². The summed E-state index contributed by atoms with van der Waals surface area (Å²) in [4.78, 5) is 11.5. The summed E-state index contributed by atoms with van der Waals surface area (Å²) in [5.41, 5.74) is 0.643. The van der Waals surface area contributed by atoms with Crippen LogP contribution in [0.4, 0.5) is 10.5 Å². The summed E-state index contributed by atoms with van der Waals surface area (Å²) in [5, 5.41) is 15.5. The molecule has 1 atom stereocenters. The summed E-state index contributed by atoms with van der Waals surface area (Å²) in [5.74, 6) is 0.643. The number of aliphatic hydroxyl groups is 1. The Labute approximate surface area is 150 Å². The predicted octanol–water partition coefficient (Wildman–Crippen LogP) is 3.20. The number of amides is 1. The number of ether oxygens (including phenoxy) is 2. The van der Waals surface area contributed by atoms with Crippen molar-refractivity contribution < 1.29 is 19.4 Å². The molecule has 0 heterocycles. The van der Waals surface area contributed by atoms with E-state index in [9.17, 15) is 9.90 Å². The van der Waals surface area contributed by atoms with Crippen LogP contribution < -0.4 is 15.4 Å². The Bertz CT molecular complexity index is 443. The number of benzene rings is 1. The zero-order valence-electron chi connectivity index (χ0n) is 14.4. The lowest BCUT2D eigenvalue weighted by atomic mass is 10.3. The van der Waals surface area contributed by atoms with Gasteiger partial charge in [-0.15, -0.1) is 12.4 Å². The smallest absolute Gasteiger partial charge is 0.411 e. The number of anilines is 1. The molecule has 0 aliphatic rings. The molecular formula is C17H29ClN2O4. The van der Waals surface area contributed by atoms with Crippen LogP contribution in [0.3, 0.4) is 0 Å². The van der Waals surface area contributed by atoms with Gasteiger partial charge in [0.1, 0.15) is 18.5 Å². The largest absolute Gasteiger partial charge is 0.491 e. The number of rotatable bonds is 11. The maximum absolute atomic E-state index is 11.5. The molecule has 24 heavy (non-hydrogen) atoms. The second-order valence-electron chi connectivity index (χ2n) is 5.31. The third-order valence-electron chi connectivity index (χ3n) is 3.08. The van der Waals surface area contributed by atoms with Crippen molar-refractivity contribution in [1.82, 2.24) is 5.32 Å². The highest BCUT2D eigenvalue weighted by Crippen LogP contribution is 2.16. The quantitative estimate of drug-likeness (QED) is 0.528. The highest BCUT2D eigenvalue weighted by molar-refractivity contribution is 5.85. The molecule has 138 valence electrons. The Morgan fingerprint density at radius 3 is 2.54 bits per heavy atom. The minimum Gasteiger partial charge on any atom is -0.491 e. The van der Waals surface area contributed by atoms with E-state index in [2.05, 4.69) is 17.6 Å². The van der Waals surface area contributed by atoms with E-state index < -0.39 is 12.2 Å². The van der Waals surface area contributed by atoms with Gasteiger partial charge >= 0.3 is 6.09 Å². The normalized spacial score (nSPS) is 11.3. The number of carbonyl (C=O) groups is 1. The van der Waals surface area contributed by atoms with Crippen LogP contribution in [-0.4, -0.2) is 43.6 Å². The van der Waals surface area contributed by atoms with Gasteiger partial charge in [0, 0.05) is 12.2 Å². The summed E-state index contributed by atoms with van der Waals surface area (Å²) in [6, 6.07) is 6.96. The Morgan fingerprint density at radius 2 is 1.92 bits per heavy atom. The molecule has 0 aromatic heterocycles. The van der Waals surface area contributed by atoms with Crippen LogP contribution in [0.15, 0.2) is 24.3 Å². The first-order valence-corrected chi connectivity index (χ1v) is 8.21. The number of carbonyl (C=O) groups excluding carboxylic acids is 1. The average Bonchev–Trinajstić information content (AvgIpc) is 2.55. The number of unbranched alkanes of at least 4 members (excludes halogenated alkanes) is 1. The van der Waals surface area contributed by atoms with Gasteiger partial charge in [-0.25, -0.2) is 4.79 Å². The fourth-order valence-corrected chi connectivity index (χ4v) is 1.79. The summed E-state index contributed by atoms with van der Waals surface area (Å²) in [6.45, 7) is 6.15. The number of nitrogens with one attached hydrogen (secondary N) is 2. The van der Waals surface area contributed by atoms with Crippen molar-refractivity contribution in [3.63, 3.8) is 0 Å². The maximum Gasteiger partial charge on any atom is 0.411 e. The molecule has 1 aromatic carbocycles. The van der Waals surface area contributed by atoms with E-state index in [-0.39, 0.29) is 19.0 Å². The van der Waals surface area contributed by atoms with Gasteiger partial charge in [-0.3, -0.25) is 5.32 Å². The van der Waals surface area contributed by atoms with Gasteiger partial charge in [-0.2, -0.15) is 0 Å². The van der Waals surface area contributed by atoms with Crippen LogP contribution in [0.5, 0.6) is 5.75 Å². The van der Waals surface area contributed by atoms with Crippen molar-refractivity contribution in [1.29, 1.82) is 0 Å². The SMILES string of the molecule is CCCCOC(=O)Nc1ccc(OCC(O)CNCCC)cc1.Cl. The van der Waals surface area contributed by atoms with Crippen LogP contribution in [0.1, 0.15) is 33.1 Å². The van der Waals surface area contributed by atoms with Gasteiger partial charge < -0.3 is 19.9 Å². The van der Waals surface area contributed by atoms with Gasteiger partial charge in [0.25, 0.3) is 0 Å². The Morgan fingerprint density at radius 1 is 1.21 bits per heavy atom. The lowest BCUT2D eigenvalue weighted by Crippen LogP contribution is -2.31. The molecule has 1 unspecified atom stereocenters. The minimum atomic E-state index is -0.548. The zero-order valence-corrected chi connectivity index (χ0v) is 15.2. The standard InChI is InChI=1S/C17H28N2O4.ClH/c1-3-5-11-22-17(21)19-14-6-8-16(9-7-14)23-13-15(20)12-18-10-4-2;/h6-9,15,18,20H,3-5,10-13H2,1-2H3,(H,19,21);1H. The molecule has 1 amide bonds. The first-order valence-electron chi connectivity index (χ1n) is 8.21. The highest BCUT2D eigenvalue weighted by atomic mass is 35.5. The summed E-state index contributed by atoms with van der Waals surface area (Å²) < 4.78 is 10.5. The van der Waals surface area contributed by atoms with Crippen LogP contribution in [0, 0.1) is 0 Å². The lowest BCUT2D eigenvalue weighted by molar-refractivity contribution is 0.106. The highest BCUT2D eigenvalue weighted by Gasteiger charge is 2.06. The average molecular weight is 361 g/mol. The van der Waals surface area contributed by atoms with Crippen molar-refractivity contribution in [3.05, 3.63) is 24.3 Å². The van der Waals surface area contributed by atoms with Gasteiger partial charge in [0.2, 0.25) is 0 Å². The second kappa shape index (κ2) is 13.9. The molecule has 7 heteroatoms. The van der Waals surface area contributed by atoms with Crippen molar-refractivity contribution in [3.8, 4) is 5.75 Å². The number of hydrogen-bond acceptors (Lipinski definition) is 5. The predicted molar refractivity (Wildman–Crippen MR) is 98.2 cm³/mol. The fraction of sp³-hybridized carbons (Fsp3) is 0.588. The van der Waals surface area contributed by atoms with Crippen LogP contribution in [-0.2, 0) is 4.74 Å². The van der Waals surface area contributed by atoms with E-state index in [4.69, 9.17) is 9.47 Å². The van der Waals surface area contributed by atoms with E-state index in [0.29, 0.717) is 24.6 Å². The number of hydrogen-bond donors (Lipinski definition) is 3. The van der Waals surface area contributed by atoms with Crippen molar-refractivity contribution in [2.45, 2.75) is 39.2 Å². The summed E-state index contributed by atoms with van der Waals surface area (Å²) in [7, 11) is 0. The van der Waals surface area contributed by atoms with E-state index in [0.717, 1.165) is 25.8 Å². The third-order valence-corrected chi connectivity index (χ3v) is 3.08. The summed E-state index contributed by atoms with van der Waals surface area (Å²) in [6.07, 6.45) is 1.87. The molecule has 0 fully saturated rings. The molecule has 0 saturated heterocycles.